The Morgan fingerprint density at radius 1 is 1.38 bits per heavy atom. The zero-order valence-corrected chi connectivity index (χ0v) is 10.8. The van der Waals surface area contributed by atoms with Crippen LogP contribution in [-0.2, 0) is 0 Å². The summed E-state index contributed by atoms with van der Waals surface area (Å²) in [5, 5.41) is 9.29. The Morgan fingerprint density at radius 3 is 2.69 bits per heavy atom. The molecule has 0 spiro atoms. The summed E-state index contributed by atoms with van der Waals surface area (Å²) in [6, 6.07) is 8.35. The molecule has 0 aromatic heterocycles. The van der Waals surface area contributed by atoms with Gasteiger partial charge >= 0.3 is 0 Å². The number of aliphatic hydroxyl groups is 1. The van der Waals surface area contributed by atoms with E-state index in [-0.39, 0.29) is 12.6 Å². The van der Waals surface area contributed by atoms with Crippen molar-refractivity contribution >= 4 is 11.8 Å². The smallest absolute Gasteiger partial charge is 0.0441 e. The lowest BCUT2D eigenvalue weighted by atomic mass is 10.0. The van der Waals surface area contributed by atoms with Crippen LogP contribution in [0.15, 0.2) is 24.3 Å². The summed E-state index contributed by atoms with van der Waals surface area (Å²) in [7, 11) is 0. The van der Waals surface area contributed by atoms with Crippen molar-refractivity contribution in [1.29, 1.82) is 0 Å². The first kappa shape index (κ1) is 13.6. The van der Waals surface area contributed by atoms with Crippen LogP contribution >= 0.6 is 11.8 Å². The Labute approximate surface area is 102 Å². The van der Waals surface area contributed by atoms with Gasteiger partial charge in [-0.25, -0.2) is 0 Å². The van der Waals surface area contributed by atoms with E-state index in [1.165, 1.54) is 11.1 Å². The molecule has 1 rings (SSSR count). The molecule has 0 heterocycles. The van der Waals surface area contributed by atoms with E-state index in [2.05, 4.69) is 26.0 Å². The van der Waals surface area contributed by atoms with E-state index in [0.29, 0.717) is 5.25 Å². The molecule has 90 valence electrons. The zero-order valence-electron chi connectivity index (χ0n) is 10.0. The summed E-state index contributed by atoms with van der Waals surface area (Å²) in [5.74, 6) is 0.909. The SMILES string of the molecule is Cc1ccccc1C(N)CSC(C)CCO. The van der Waals surface area contributed by atoms with E-state index in [1.54, 1.807) is 0 Å². The van der Waals surface area contributed by atoms with Gasteiger partial charge in [0.2, 0.25) is 0 Å². The highest BCUT2D eigenvalue weighted by Crippen LogP contribution is 2.22. The number of aliphatic hydroxyl groups excluding tert-OH is 1. The maximum absolute atomic E-state index is 8.82. The second kappa shape index (κ2) is 6.94. The first-order chi connectivity index (χ1) is 7.65. The van der Waals surface area contributed by atoms with Gasteiger partial charge in [0.25, 0.3) is 0 Å². The van der Waals surface area contributed by atoms with Gasteiger partial charge in [-0.1, -0.05) is 31.2 Å². The predicted molar refractivity (Wildman–Crippen MR) is 71.7 cm³/mol. The highest BCUT2D eigenvalue weighted by molar-refractivity contribution is 7.99. The van der Waals surface area contributed by atoms with Crippen LogP contribution in [0, 0.1) is 6.92 Å². The van der Waals surface area contributed by atoms with Crippen LogP contribution < -0.4 is 5.73 Å². The van der Waals surface area contributed by atoms with Gasteiger partial charge in [0, 0.05) is 23.7 Å². The second-order valence-corrected chi connectivity index (χ2v) is 5.59. The molecule has 0 radical (unpaired) electrons. The third-order valence-corrected chi connectivity index (χ3v) is 4.04. The minimum atomic E-state index is 0.0901. The van der Waals surface area contributed by atoms with Crippen molar-refractivity contribution in [2.45, 2.75) is 31.6 Å². The van der Waals surface area contributed by atoms with Gasteiger partial charge in [-0.3, -0.25) is 0 Å². The second-order valence-electron chi connectivity index (χ2n) is 4.12. The van der Waals surface area contributed by atoms with E-state index < -0.39 is 0 Å². The molecule has 1 aromatic rings. The van der Waals surface area contributed by atoms with Crippen LogP contribution in [0.2, 0.25) is 0 Å². The van der Waals surface area contributed by atoms with Crippen LogP contribution in [0.4, 0.5) is 0 Å². The van der Waals surface area contributed by atoms with E-state index >= 15 is 0 Å². The third-order valence-electron chi connectivity index (χ3n) is 2.68. The molecular weight excluding hydrogens is 218 g/mol. The molecule has 0 fully saturated rings. The summed E-state index contributed by atoms with van der Waals surface area (Å²) in [4.78, 5) is 0. The van der Waals surface area contributed by atoms with Crippen LogP contribution in [0.1, 0.15) is 30.5 Å². The van der Waals surface area contributed by atoms with Gasteiger partial charge < -0.3 is 10.8 Å². The molecule has 0 amide bonds. The third kappa shape index (κ3) is 4.16. The van der Waals surface area contributed by atoms with Gasteiger partial charge in [0.05, 0.1) is 0 Å². The Kier molecular flexibility index (Phi) is 5.88. The quantitative estimate of drug-likeness (QED) is 0.802. The Balaban J connectivity index is 2.46. The number of hydrogen-bond acceptors (Lipinski definition) is 3. The Bertz CT molecular complexity index is 317. The fraction of sp³-hybridized carbons (Fsp3) is 0.538. The van der Waals surface area contributed by atoms with Gasteiger partial charge in [0.15, 0.2) is 0 Å². The van der Waals surface area contributed by atoms with Gasteiger partial charge in [-0.15, -0.1) is 0 Å². The number of thioether (sulfide) groups is 1. The summed E-state index contributed by atoms with van der Waals surface area (Å²) < 4.78 is 0. The molecule has 1 aromatic carbocycles. The summed E-state index contributed by atoms with van der Waals surface area (Å²) in [6.07, 6.45) is 0.838. The fourth-order valence-corrected chi connectivity index (χ4v) is 2.61. The van der Waals surface area contributed by atoms with Crippen molar-refractivity contribution in [2.24, 2.45) is 5.73 Å². The van der Waals surface area contributed by atoms with Crippen molar-refractivity contribution in [1.82, 2.24) is 0 Å². The molecule has 0 aliphatic carbocycles. The number of hydrogen-bond donors (Lipinski definition) is 2. The molecule has 0 aliphatic heterocycles. The normalized spacial score (nSPS) is 14.8. The van der Waals surface area contributed by atoms with Crippen molar-refractivity contribution < 1.29 is 5.11 Å². The van der Waals surface area contributed by atoms with E-state index in [4.69, 9.17) is 10.8 Å². The lowest BCUT2D eigenvalue weighted by Crippen LogP contribution is -2.16. The molecule has 2 nitrogen and oxygen atoms in total. The number of benzene rings is 1. The highest BCUT2D eigenvalue weighted by Gasteiger charge is 2.10. The lowest BCUT2D eigenvalue weighted by molar-refractivity contribution is 0.289. The molecular formula is C13H21NOS. The molecule has 0 aliphatic rings. The average Bonchev–Trinajstić information content (AvgIpc) is 2.27. The molecule has 2 atom stereocenters. The minimum absolute atomic E-state index is 0.0901. The standard InChI is InChI=1S/C13H21NOS/c1-10-5-3-4-6-12(10)13(14)9-16-11(2)7-8-15/h3-6,11,13,15H,7-9,14H2,1-2H3. The van der Waals surface area contributed by atoms with Gasteiger partial charge in [-0.05, 0) is 24.5 Å². The number of nitrogens with two attached hydrogens (primary N) is 1. The van der Waals surface area contributed by atoms with Crippen molar-refractivity contribution in [2.75, 3.05) is 12.4 Å². The van der Waals surface area contributed by atoms with Gasteiger partial charge in [0.1, 0.15) is 0 Å². The number of rotatable bonds is 6. The molecule has 0 bridgehead atoms. The maximum Gasteiger partial charge on any atom is 0.0441 e. The highest BCUT2D eigenvalue weighted by atomic mass is 32.2. The average molecular weight is 239 g/mol. The Morgan fingerprint density at radius 2 is 2.06 bits per heavy atom. The first-order valence-corrected chi connectivity index (χ1v) is 6.73. The van der Waals surface area contributed by atoms with Crippen molar-refractivity contribution in [3.05, 3.63) is 35.4 Å². The van der Waals surface area contributed by atoms with Gasteiger partial charge in [-0.2, -0.15) is 11.8 Å². The lowest BCUT2D eigenvalue weighted by Gasteiger charge is -2.16. The van der Waals surface area contributed by atoms with Crippen LogP contribution in [-0.4, -0.2) is 22.7 Å². The molecule has 0 saturated carbocycles. The summed E-state index contributed by atoms with van der Waals surface area (Å²) in [5.41, 5.74) is 8.64. The van der Waals surface area contributed by atoms with Crippen molar-refractivity contribution in [3.63, 3.8) is 0 Å². The summed E-state index contributed by atoms with van der Waals surface area (Å²) >= 11 is 1.83. The van der Waals surface area contributed by atoms with E-state index in [9.17, 15) is 0 Å². The largest absolute Gasteiger partial charge is 0.396 e. The number of aryl methyl sites for hydroxylation is 1. The minimum Gasteiger partial charge on any atom is -0.396 e. The molecule has 2 unspecified atom stereocenters. The van der Waals surface area contributed by atoms with Crippen LogP contribution in [0.25, 0.3) is 0 Å². The maximum atomic E-state index is 8.82. The van der Waals surface area contributed by atoms with Crippen LogP contribution in [0.3, 0.4) is 0 Å². The van der Waals surface area contributed by atoms with Crippen molar-refractivity contribution in [3.8, 4) is 0 Å². The van der Waals surface area contributed by atoms with Crippen LogP contribution in [0.5, 0.6) is 0 Å². The monoisotopic (exact) mass is 239 g/mol. The molecule has 0 saturated heterocycles. The Hall–Kier alpha value is -0.510. The summed E-state index contributed by atoms with van der Waals surface area (Å²) in [6.45, 7) is 4.48. The first-order valence-electron chi connectivity index (χ1n) is 5.68. The molecule has 3 heteroatoms. The fourth-order valence-electron chi connectivity index (χ4n) is 1.63. The molecule has 3 N–H and O–H groups in total. The van der Waals surface area contributed by atoms with E-state index in [0.717, 1.165) is 12.2 Å². The molecule has 16 heavy (non-hydrogen) atoms. The topological polar surface area (TPSA) is 46.2 Å². The zero-order chi connectivity index (χ0) is 12.0. The van der Waals surface area contributed by atoms with E-state index in [1.807, 2.05) is 23.9 Å². The predicted octanol–water partition coefficient (Wildman–Crippen LogP) is 2.50.